The molecule has 21 heavy (non-hydrogen) atoms. The minimum atomic E-state index is -1.18. The van der Waals surface area contributed by atoms with Crippen LogP contribution in [0.4, 0.5) is 10.1 Å². The number of aromatic nitrogens is 3. The molecule has 0 saturated heterocycles. The Balaban J connectivity index is 2.27. The maximum absolute atomic E-state index is 13.2. The van der Waals surface area contributed by atoms with Crippen molar-refractivity contribution in [3.05, 3.63) is 46.0 Å². The number of aliphatic carboxylic acids is 1. The largest absolute Gasteiger partial charge is 0.480 e. The van der Waals surface area contributed by atoms with Gasteiger partial charge in [-0.15, -0.1) is 5.10 Å². The Hall–Kier alpha value is -2.88. The molecule has 2 aromatic rings. The van der Waals surface area contributed by atoms with Crippen molar-refractivity contribution in [2.45, 2.75) is 12.5 Å². The summed E-state index contributed by atoms with van der Waals surface area (Å²) in [6, 6.07) is 2.11. The van der Waals surface area contributed by atoms with Crippen LogP contribution in [0.2, 0.25) is 0 Å². The molecule has 0 aliphatic rings. The van der Waals surface area contributed by atoms with Crippen LogP contribution < -0.4 is 5.73 Å². The highest BCUT2D eigenvalue weighted by atomic mass is 19.1. The topological polar surface area (TPSA) is 137 Å². The monoisotopic (exact) mass is 295 g/mol. The first-order valence-corrected chi connectivity index (χ1v) is 5.72. The standard InChI is InChI=1S/C11H10FN5O4/c12-8-2-1-7(4-10(8)17(20)21)16-5-6(14-15-16)3-9(13)11(18)19/h1-2,4-5,9H,3,13H2,(H,18,19). The SMILES string of the molecule is NC(Cc1cn(-c2ccc(F)c([N+](=O)[O-])c2)nn1)C(=O)O. The van der Waals surface area contributed by atoms with Crippen LogP contribution >= 0.6 is 0 Å². The second-order valence-electron chi connectivity index (χ2n) is 4.20. The zero-order valence-corrected chi connectivity index (χ0v) is 10.5. The van der Waals surface area contributed by atoms with Crippen molar-refractivity contribution in [1.82, 2.24) is 15.0 Å². The normalized spacial score (nSPS) is 12.1. The van der Waals surface area contributed by atoms with E-state index in [4.69, 9.17) is 10.8 Å². The molecule has 1 aromatic heterocycles. The molecular formula is C11H10FN5O4. The van der Waals surface area contributed by atoms with Gasteiger partial charge in [-0.1, -0.05) is 5.21 Å². The van der Waals surface area contributed by atoms with E-state index in [1.54, 1.807) is 0 Å². The van der Waals surface area contributed by atoms with E-state index in [1.165, 1.54) is 16.9 Å². The molecule has 3 N–H and O–H groups in total. The van der Waals surface area contributed by atoms with E-state index in [0.717, 1.165) is 12.1 Å². The van der Waals surface area contributed by atoms with Gasteiger partial charge < -0.3 is 10.8 Å². The van der Waals surface area contributed by atoms with Gasteiger partial charge in [0.15, 0.2) is 0 Å². The number of nitrogens with zero attached hydrogens (tertiary/aromatic N) is 4. The molecule has 2 rings (SSSR count). The van der Waals surface area contributed by atoms with E-state index in [2.05, 4.69) is 10.3 Å². The second-order valence-corrected chi connectivity index (χ2v) is 4.20. The molecule has 0 fully saturated rings. The van der Waals surface area contributed by atoms with Crippen LogP contribution in [0.3, 0.4) is 0 Å². The Morgan fingerprint density at radius 1 is 1.57 bits per heavy atom. The first-order valence-electron chi connectivity index (χ1n) is 5.72. The van der Waals surface area contributed by atoms with Gasteiger partial charge in [-0.05, 0) is 12.1 Å². The smallest absolute Gasteiger partial charge is 0.320 e. The van der Waals surface area contributed by atoms with E-state index in [-0.39, 0.29) is 12.1 Å². The van der Waals surface area contributed by atoms with Crippen LogP contribution in [0.5, 0.6) is 0 Å². The Morgan fingerprint density at radius 3 is 2.90 bits per heavy atom. The van der Waals surface area contributed by atoms with E-state index >= 15 is 0 Å². The van der Waals surface area contributed by atoms with Crippen molar-refractivity contribution >= 4 is 11.7 Å². The fraction of sp³-hybridized carbons (Fsp3) is 0.182. The molecule has 0 radical (unpaired) electrons. The molecular weight excluding hydrogens is 285 g/mol. The van der Waals surface area contributed by atoms with Gasteiger partial charge in [0.2, 0.25) is 5.82 Å². The van der Waals surface area contributed by atoms with Crippen molar-refractivity contribution in [2.75, 3.05) is 0 Å². The number of hydrogen-bond donors (Lipinski definition) is 2. The van der Waals surface area contributed by atoms with Crippen LogP contribution in [0.15, 0.2) is 24.4 Å². The van der Waals surface area contributed by atoms with Crippen LogP contribution in [-0.4, -0.2) is 37.0 Å². The first-order chi connectivity index (χ1) is 9.88. The lowest BCUT2D eigenvalue weighted by molar-refractivity contribution is -0.387. The number of benzene rings is 1. The third-order valence-corrected chi connectivity index (χ3v) is 2.68. The first kappa shape index (κ1) is 14.5. The van der Waals surface area contributed by atoms with Gasteiger partial charge in [-0.25, -0.2) is 4.68 Å². The van der Waals surface area contributed by atoms with Gasteiger partial charge in [-0.3, -0.25) is 14.9 Å². The summed E-state index contributed by atoms with van der Waals surface area (Å²) in [5, 5.41) is 26.8. The molecule has 1 aromatic carbocycles. The summed E-state index contributed by atoms with van der Waals surface area (Å²) in [6.07, 6.45) is 1.33. The van der Waals surface area contributed by atoms with Crippen LogP contribution in [-0.2, 0) is 11.2 Å². The van der Waals surface area contributed by atoms with E-state index in [1.807, 2.05) is 0 Å². The van der Waals surface area contributed by atoms with Crippen molar-refractivity contribution in [3.63, 3.8) is 0 Å². The Morgan fingerprint density at radius 2 is 2.29 bits per heavy atom. The number of nitrogens with two attached hydrogens (primary N) is 1. The van der Waals surface area contributed by atoms with Crippen molar-refractivity contribution < 1.29 is 19.2 Å². The van der Waals surface area contributed by atoms with E-state index in [9.17, 15) is 19.3 Å². The molecule has 0 saturated carbocycles. The van der Waals surface area contributed by atoms with Gasteiger partial charge in [0.05, 0.1) is 22.5 Å². The number of hydrogen-bond acceptors (Lipinski definition) is 6. The van der Waals surface area contributed by atoms with E-state index in [0.29, 0.717) is 5.69 Å². The fourth-order valence-corrected chi connectivity index (χ4v) is 1.61. The zero-order chi connectivity index (χ0) is 15.6. The summed E-state index contributed by atoms with van der Waals surface area (Å²) in [7, 11) is 0. The average molecular weight is 295 g/mol. The molecule has 0 spiro atoms. The van der Waals surface area contributed by atoms with E-state index < -0.39 is 28.4 Å². The number of carbonyl (C=O) groups is 1. The van der Waals surface area contributed by atoms with Crippen molar-refractivity contribution in [2.24, 2.45) is 5.73 Å². The van der Waals surface area contributed by atoms with Crippen LogP contribution in [0.25, 0.3) is 5.69 Å². The molecule has 0 amide bonds. The summed E-state index contributed by atoms with van der Waals surface area (Å²) in [6.45, 7) is 0. The van der Waals surface area contributed by atoms with Crippen LogP contribution in [0.1, 0.15) is 5.69 Å². The average Bonchev–Trinajstić information content (AvgIpc) is 2.87. The van der Waals surface area contributed by atoms with Crippen LogP contribution in [0, 0.1) is 15.9 Å². The number of carboxylic acids is 1. The minimum absolute atomic E-state index is 0.0430. The molecule has 1 atom stereocenters. The summed E-state index contributed by atoms with van der Waals surface area (Å²) >= 11 is 0. The summed E-state index contributed by atoms with van der Waals surface area (Å²) in [5.74, 6) is -2.14. The third-order valence-electron chi connectivity index (χ3n) is 2.68. The maximum atomic E-state index is 13.2. The molecule has 10 heteroatoms. The third kappa shape index (κ3) is 3.17. The highest BCUT2D eigenvalue weighted by molar-refractivity contribution is 5.73. The fourth-order valence-electron chi connectivity index (χ4n) is 1.61. The molecule has 0 aliphatic carbocycles. The number of halogens is 1. The van der Waals surface area contributed by atoms with Gasteiger partial charge in [-0.2, -0.15) is 4.39 Å². The number of rotatable bonds is 5. The highest BCUT2D eigenvalue weighted by Crippen LogP contribution is 2.20. The number of carboxylic acid groups (broad SMARTS) is 1. The predicted octanol–water partition coefficient (Wildman–Crippen LogP) is 0.269. The number of nitro groups is 1. The molecule has 0 bridgehead atoms. The number of nitro benzene ring substituents is 1. The Bertz CT molecular complexity index is 702. The molecule has 0 aliphatic heterocycles. The van der Waals surface area contributed by atoms with Gasteiger partial charge in [0.1, 0.15) is 6.04 Å². The molecule has 1 heterocycles. The summed E-state index contributed by atoms with van der Waals surface area (Å²) in [5.41, 5.74) is 5.21. The lowest BCUT2D eigenvalue weighted by atomic mass is 10.2. The highest BCUT2D eigenvalue weighted by Gasteiger charge is 2.17. The van der Waals surface area contributed by atoms with Gasteiger partial charge in [0.25, 0.3) is 0 Å². The Labute approximate surface area is 116 Å². The zero-order valence-electron chi connectivity index (χ0n) is 10.5. The van der Waals surface area contributed by atoms with Gasteiger partial charge in [0, 0.05) is 12.5 Å². The lowest BCUT2D eigenvalue weighted by Gasteiger charge is -2.02. The summed E-state index contributed by atoms with van der Waals surface area (Å²) in [4.78, 5) is 20.5. The predicted molar refractivity (Wildman–Crippen MR) is 67.3 cm³/mol. The Kier molecular flexibility index (Phi) is 3.89. The molecule has 1 unspecified atom stereocenters. The minimum Gasteiger partial charge on any atom is -0.480 e. The van der Waals surface area contributed by atoms with Crippen molar-refractivity contribution in [3.8, 4) is 5.69 Å². The lowest BCUT2D eigenvalue weighted by Crippen LogP contribution is -2.32. The molecule has 110 valence electrons. The van der Waals surface area contributed by atoms with Gasteiger partial charge >= 0.3 is 11.7 Å². The quantitative estimate of drug-likeness (QED) is 0.596. The second kappa shape index (κ2) is 5.63. The van der Waals surface area contributed by atoms with Crippen molar-refractivity contribution in [1.29, 1.82) is 0 Å². The summed E-state index contributed by atoms with van der Waals surface area (Å²) < 4.78 is 14.4. The molecule has 9 nitrogen and oxygen atoms in total. The maximum Gasteiger partial charge on any atom is 0.320 e.